The molecule has 0 aliphatic heterocycles. The van der Waals surface area contributed by atoms with Gasteiger partial charge in [0.15, 0.2) is 6.79 Å². The molecule has 0 radical (unpaired) electrons. The van der Waals surface area contributed by atoms with Crippen LogP contribution in [0.5, 0.6) is 5.75 Å². The number of carboxylic acid groups (broad SMARTS) is 1. The lowest BCUT2D eigenvalue weighted by atomic mass is 10.1. The van der Waals surface area contributed by atoms with Gasteiger partial charge in [-0.15, -0.1) is 0 Å². The van der Waals surface area contributed by atoms with E-state index in [9.17, 15) is 4.79 Å². The molecule has 0 saturated heterocycles. The molecule has 0 amide bonds. The van der Waals surface area contributed by atoms with Gasteiger partial charge >= 0.3 is 5.97 Å². The molecule has 0 saturated carbocycles. The van der Waals surface area contributed by atoms with E-state index in [-0.39, 0.29) is 12.4 Å². The molecule has 1 N–H and O–H groups in total. The Labute approximate surface area is 88.4 Å². The normalized spacial score (nSPS) is 10.0. The summed E-state index contributed by atoms with van der Waals surface area (Å²) in [5.41, 5.74) is 1.14. The molecule has 0 bridgehead atoms. The summed E-state index contributed by atoms with van der Waals surface area (Å²) in [6.45, 7) is 2.11. The number of benzene rings is 1. The molecular weight excluding hydrogens is 196 g/mol. The Morgan fingerprint density at radius 1 is 1.47 bits per heavy atom. The molecule has 0 fully saturated rings. The molecule has 0 spiro atoms. The van der Waals surface area contributed by atoms with Crippen molar-refractivity contribution in [2.24, 2.45) is 0 Å². The van der Waals surface area contributed by atoms with Crippen molar-refractivity contribution in [3.63, 3.8) is 0 Å². The number of aromatic carboxylic acids is 1. The molecule has 0 unspecified atom stereocenters. The summed E-state index contributed by atoms with van der Waals surface area (Å²) in [4.78, 5) is 10.7. The Kier molecular flexibility index (Phi) is 4.12. The number of ether oxygens (including phenoxy) is 2. The van der Waals surface area contributed by atoms with E-state index in [1.54, 1.807) is 12.1 Å². The summed E-state index contributed by atoms with van der Waals surface area (Å²) in [7, 11) is 1.54. The topological polar surface area (TPSA) is 55.8 Å². The average molecular weight is 210 g/mol. The maximum atomic E-state index is 10.7. The lowest BCUT2D eigenvalue weighted by Crippen LogP contribution is -2.03. The molecule has 0 aromatic heterocycles. The second kappa shape index (κ2) is 5.36. The van der Waals surface area contributed by atoms with Crippen LogP contribution in [0, 0.1) is 0 Å². The van der Waals surface area contributed by atoms with Gasteiger partial charge in [-0.1, -0.05) is 6.92 Å². The predicted molar refractivity (Wildman–Crippen MR) is 55.3 cm³/mol. The second-order valence-electron chi connectivity index (χ2n) is 3.03. The van der Waals surface area contributed by atoms with Crippen molar-refractivity contribution in [2.45, 2.75) is 13.3 Å². The molecule has 82 valence electrons. The van der Waals surface area contributed by atoms with Crippen molar-refractivity contribution in [3.8, 4) is 5.75 Å². The van der Waals surface area contributed by atoms with Crippen LogP contribution in [-0.2, 0) is 11.2 Å². The molecule has 0 atom stereocenters. The van der Waals surface area contributed by atoms with Crippen LogP contribution in [0.1, 0.15) is 22.8 Å². The third-order valence-electron chi connectivity index (χ3n) is 2.02. The molecule has 4 nitrogen and oxygen atoms in total. The van der Waals surface area contributed by atoms with E-state index in [2.05, 4.69) is 0 Å². The quantitative estimate of drug-likeness (QED) is 0.754. The number of hydrogen-bond donors (Lipinski definition) is 1. The van der Waals surface area contributed by atoms with Crippen molar-refractivity contribution in [1.29, 1.82) is 0 Å². The highest BCUT2D eigenvalue weighted by Gasteiger charge is 2.07. The number of rotatable bonds is 5. The first kappa shape index (κ1) is 11.5. The summed E-state index contributed by atoms with van der Waals surface area (Å²) in [5.74, 6) is -0.257. The van der Waals surface area contributed by atoms with Crippen LogP contribution in [0.4, 0.5) is 0 Å². The van der Waals surface area contributed by atoms with Crippen molar-refractivity contribution in [3.05, 3.63) is 29.3 Å². The van der Waals surface area contributed by atoms with Crippen LogP contribution in [0.25, 0.3) is 0 Å². The molecular formula is C11H14O4. The monoisotopic (exact) mass is 210 g/mol. The first-order valence-corrected chi connectivity index (χ1v) is 4.67. The fraction of sp³-hybridized carbons (Fsp3) is 0.364. The zero-order valence-corrected chi connectivity index (χ0v) is 8.82. The van der Waals surface area contributed by atoms with Crippen molar-refractivity contribution >= 4 is 5.97 Å². The summed E-state index contributed by atoms with van der Waals surface area (Å²) in [6.07, 6.45) is 0.722. The number of aryl methyl sites for hydroxylation is 1. The third kappa shape index (κ3) is 2.95. The molecule has 1 aromatic carbocycles. The number of carbonyl (C=O) groups is 1. The molecule has 0 aliphatic carbocycles. The first-order valence-electron chi connectivity index (χ1n) is 4.67. The molecule has 0 heterocycles. The van der Waals surface area contributed by atoms with Crippen LogP contribution < -0.4 is 4.74 Å². The van der Waals surface area contributed by atoms with Crippen molar-refractivity contribution in [1.82, 2.24) is 0 Å². The van der Waals surface area contributed by atoms with E-state index in [4.69, 9.17) is 14.6 Å². The fourth-order valence-electron chi connectivity index (χ4n) is 1.25. The van der Waals surface area contributed by atoms with Gasteiger partial charge < -0.3 is 14.6 Å². The number of carboxylic acids is 1. The standard InChI is InChI=1S/C11H14O4/c1-3-8-6-9(11(12)13)4-5-10(8)15-7-14-2/h4-6H,3,7H2,1-2H3,(H,12,13). The van der Waals surface area contributed by atoms with Gasteiger partial charge in [0.1, 0.15) is 5.75 Å². The van der Waals surface area contributed by atoms with Gasteiger partial charge in [-0.25, -0.2) is 4.79 Å². The molecule has 1 rings (SSSR count). The minimum atomic E-state index is -0.928. The Bertz CT molecular complexity index is 346. The van der Waals surface area contributed by atoms with E-state index < -0.39 is 5.97 Å². The van der Waals surface area contributed by atoms with Gasteiger partial charge in [0.2, 0.25) is 0 Å². The molecule has 0 aliphatic rings. The van der Waals surface area contributed by atoms with E-state index in [0.29, 0.717) is 5.75 Å². The van der Waals surface area contributed by atoms with E-state index >= 15 is 0 Å². The number of methoxy groups -OCH3 is 1. The largest absolute Gasteiger partial charge is 0.478 e. The smallest absolute Gasteiger partial charge is 0.335 e. The SMILES string of the molecule is CCc1cc(C(=O)O)ccc1OCOC. The predicted octanol–water partition coefficient (Wildman–Crippen LogP) is 1.93. The third-order valence-corrected chi connectivity index (χ3v) is 2.02. The second-order valence-corrected chi connectivity index (χ2v) is 3.03. The Balaban J connectivity index is 2.93. The van der Waals surface area contributed by atoms with Crippen LogP contribution >= 0.6 is 0 Å². The fourth-order valence-corrected chi connectivity index (χ4v) is 1.25. The van der Waals surface area contributed by atoms with Gasteiger partial charge in [-0.2, -0.15) is 0 Å². The van der Waals surface area contributed by atoms with E-state index in [0.717, 1.165) is 12.0 Å². The molecule has 4 heteroatoms. The van der Waals surface area contributed by atoms with E-state index in [1.165, 1.54) is 13.2 Å². The maximum absolute atomic E-state index is 10.7. The van der Waals surface area contributed by atoms with Gasteiger partial charge in [-0.05, 0) is 30.2 Å². The minimum absolute atomic E-state index is 0.166. The summed E-state index contributed by atoms with van der Waals surface area (Å²) >= 11 is 0. The van der Waals surface area contributed by atoms with E-state index in [1.807, 2.05) is 6.92 Å². The van der Waals surface area contributed by atoms with Crippen LogP contribution in [0.2, 0.25) is 0 Å². The maximum Gasteiger partial charge on any atom is 0.335 e. The van der Waals surface area contributed by atoms with Gasteiger partial charge in [-0.3, -0.25) is 0 Å². The molecule has 15 heavy (non-hydrogen) atoms. The minimum Gasteiger partial charge on any atom is -0.478 e. The molecule has 1 aromatic rings. The van der Waals surface area contributed by atoms with Crippen LogP contribution in [0.3, 0.4) is 0 Å². The van der Waals surface area contributed by atoms with Crippen LogP contribution in [-0.4, -0.2) is 25.0 Å². The van der Waals surface area contributed by atoms with Gasteiger partial charge in [0.05, 0.1) is 5.56 Å². The summed E-state index contributed by atoms with van der Waals surface area (Å²) < 4.78 is 10.1. The lowest BCUT2D eigenvalue weighted by molar-refractivity contribution is 0.0504. The Hall–Kier alpha value is -1.55. The lowest BCUT2D eigenvalue weighted by Gasteiger charge is -2.09. The average Bonchev–Trinajstić information content (AvgIpc) is 2.25. The summed E-state index contributed by atoms with van der Waals surface area (Å²) in [5, 5.41) is 8.81. The van der Waals surface area contributed by atoms with Gasteiger partial charge in [0, 0.05) is 7.11 Å². The highest BCUT2D eigenvalue weighted by Crippen LogP contribution is 2.20. The summed E-state index contributed by atoms with van der Waals surface area (Å²) in [6, 6.07) is 4.79. The van der Waals surface area contributed by atoms with Crippen molar-refractivity contribution in [2.75, 3.05) is 13.9 Å². The zero-order chi connectivity index (χ0) is 11.3. The zero-order valence-electron chi connectivity index (χ0n) is 8.82. The van der Waals surface area contributed by atoms with Crippen LogP contribution in [0.15, 0.2) is 18.2 Å². The number of hydrogen-bond acceptors (Lipinski definition) is 3. The first-order chi connectivity index (χ1) is 7.19. The Morgan fingerprint density at radius 2 is 2.20 bits per heavy atom. The van der Waals surface area contributed by atoms with Gasteiger partial charge in [0.25, 0.3) is 0 Å². The van der Waals surface area contributed by atoms with Crippen molar-refractivity contribution < 1.29 is 19.4 Å². The highest BCUT2D eigenvalue weighted by atomic mass is 16.7. The Morgan fingerprint density at radius 3 is 2.73 bits per heavy atom. The highest BCUT2D eigenvalue weighted by molar-refractivity contribution is 5.88.